The Labute approximate surface area is 164 Å². The van der Waals surface area contributed by atoms with Crippen LogP contribution in [-0.2, 0) is 32.7 Å². The van der Waals surface area contributed by atoms with E-state index in [1.807, 2.05) is 43.3 Å². The number of nitrogens with one attached hydrogen (secondary N) is 1. The number of carbonyl (C=O) groups excluding carboxylic acids is 1. The number of benzene rings is 2. The second kappa shape index (κ2) is 6.46. The number of H-pyrrole nitrogens is 1. The van der Waals surface area contributed by atoms with Crippen LogP contribution in [0.5, 0.6) is 5.88 Å². The van der Waals surface area contributed by atoms with E-state index >= 15 is 0 Å². The number of nitrogens with zero attached hydrogens (tertiary/aromatic N) is 1. The Morgan fingerprint density at radius 2 is 1.67 bits per heavy atom. The molecular weight excluding hydrogens is 377 g/mol. The van der Waals surface area contributed by atoms with E-state index < -0.39 is 0 Å². The van der Waals surface area contributed by atoms with E-state index in [2.05, 4.69) is 16.0 Å². The fourth-order valence-corrected chi connectivity index (χ4v) is 2.83. The predicted octanol–water partition coefficient (Wildman–Crippen LogP) is 3.48. The number of hydrogen-bond donors (Lipinski definition) is 2. The van der Waals surface area contributed by atoms with Crippen LogP contribution in [0.15, 0.2) is 53.5 Å². The van der Waals surface area contributed by atoms with Gasteiger partial charge in [-0.1, -0.05) is 29.8 Å². The van der Waals surface area contributed by atoms with Crippen LogP contribution in [0, 0.1) is 13.0 Å². The number of hydrogen-bond acceptors (Lipinski definition) is 2. The monoisotopic (exact) mass is 390 g/mol. The standard InChI is InChI=1S/C19H13N2O2.Y/c1-11-7-9-13(10-8-11)17-15-14(18(22)21-17)16(20-19(15)23)12-5-3-2-4-6-12;/h3-10,20,23H,1H3;/q-1;. The molecule has 1 aliphatic heterocycles. The third kappa shape index (κ3) is 2.66. The molecule has 0 bridgehead atoms. The number of amides is 1. The zero-order chi connectivity index (χ0) is 16.0. The summed E-state index contributed by atoms with van der Waals surface area (Å²) in [5.74, 6) is -0.372. The molecule has 4 nitrogen and oxygen atoms in total. The van der Waals surface area contributed by atoms with E-state index in [1.165, 1.54) is 0 Å². The van der Waals surface area contributed by atoms with Crippen LogP contribution >= 0.6 is 0 Å². The first-order valence-electron chi connectivity index (χ1n) is 7.27. The van der Waals surface area contributed by atoms with Crippen LogP contribution in [0.25, 0.3) is 11.3 Å². The Balaban J connectivity index is 0.00000169. The summed E-state index contributed by atoms with van der Waals surface area (Å²) in [5, 5.41) is 10.3. The van der Waals surface area contributed by atoms with Gasteiger partial charge in [0.2, 0.25) is 0 Å². The molecule has 0 fully saturated rings. The van der Waals surface area contributed by atoms with Gasteiger partial charge in [-0.25, -0.2) is 4.99 Å². The fraction of sp³-hybridized carbons (Fsp3) is 0.0526. The molecule has 4 rings (SSSR count). The molecule has 3 aromatic rings. The number of aromatic amines is 1. The molecular formula is C19H13N2O2Y-. The molecule has 0 spiro atoms. The summed E-state index contributed by atoms with van der Waals surface area (Å²) < 4.78 is 0. The molecule has 2 N–H and O–H groups in total. The van der Waals surface area contributed by atoms with Gasteiger partial charge in [0.15, 0.2) is 5.88 Å². The Bertz CT molecular complexity index is 942. The summed E-state index contributed by atoms with van der Waals surface area (Å²) in [6.07, 6.45) is 0. The quantitative estimate of drug-likeness (QED) is 0.658. The van der Waals surface area contributed by atoms with Crippen LogP contribution in [0.2, 0.25) is 0 Å². The molecule has 5 heteroatoms. The van der Waals surface area contributed by atoms with Crippen molar-refractivity contribution >= 4 is 11.6 Å². The first-order chi connectivity index (χ1) is 11.1. The first-order valence-corrected chi connectivity index (χ1v) is 7.27. The maximum Gasteiger partial charge on any atom is 0.280 e. The molecule has 2 heterocycles. The fourth-order valence-electron chi connectivity index (χ4n) is 2.83. The topological polar surface area (TPSA) is 65.5 Å². The number of fused-ring (bicyclic) bond motifs is 1. The van der Waals surface area contributed by atoms with Crippen molar-refractivity contribution < 1.29 is 42.6 Å². The molecule has 1 amide bonds. The summed E-state index contributed by atoms with van der Waals surface area (Å²) in [5.41, 5.74) is 4.73. The van der Waals surface area contributed by atoms with Crippen molar-refractivity contribution in [3.05, 3.63) is 76.9 Å². The predicted molar refractivity (Wildman–Crippen MR) is 87.9 cm³/mol. The second-order valence-electron chi connectivity index (χ2n) is 5.52. The first kappa shape index (κ1) is 16.8. The van der Waals surface area contributed by atoms with Gasteiger partial charge in [0.1, 0.15) is 0 Å². The van der Waals surface area contributed by atoms with Crippen molar-refractivity contribution in [1.29, 1.82) is 0 Å². The summed E-state index contributed by atoms with van der Waals surface area (Å²) in [4.78, 5) is 19.5. The maximum absolute atomic E-state index is 12.4. The Morgan fingerprint density at radius 1 is 1.00 bits per heavy atom. The molecule has 115 valence electrons. The minimum Gasteiger partial charge on any atom is -0.494 e. The van der Waals surface area contributed by atoms with E-state index in [4.69, 9.17) is 0 Å². The van der Waals surface area contributed by atoms with Crippen molar-refractivity contribution in [3.8, 4) is 17.1 Å². The molecule has 0 saturated carbocycles. The average Bonchev–Trinajstić information content (AvgIpc) is 3.09. The van der Waals surface area contributed by atoms with Gasteiger partial charge in [-0.3, -0.25) is 4.79 Å². The zero-order valence-corrected chi connectivity index (χ0v) is 15.8. The van der Waals surface area contributed by atoms with Crippen molar-refractivity contribution in [2.75, 3.05) is 0 Å². The van der Waals surface area contributed by atoms with Gasteiger partial charge in [0, 0.05) is 44.0 Å². The van der Waals surface area contributed by atoms with Crippen LogP contribution in [0.3, 0.4) is 0 Å². The summed E-state index contributed by atoms with van der Waals surface area (Å²) >= 11 is 0. The van der Waals surface area contributed by atoms with Gasteiger partial charge in [-0.2, -0.15) is 30.3 Å². The van der Waals surface area contributed by atoms with Crippen molar-refractivity contribution in [1.82, 2.24) is 4.98 Å². The second-order valence-corrected chi connectivity index (χ2v) is 5.52. The number of rotatable bonds is 2. The van der Waals surface area contributed by atoms with E-state index in [0.717, 1.165) is 16.7 Å². The number of aromatic nitrogens is 1. The van der Waals surface area contributed by atoms with Gasteiger partial charge in [0.05, 0.1) is 16.8 Å². The smallest absolute Gasteiger partial charge is 0.280 e. The molecule has 24 heavy (non-hydrogen) atoms. The van der Waals surface area contributed by atoms with Gasteiger partial charge >= 0.3 is 0 Å². The maximum atomic E-state index is 12.4. The Hall–Kier alpha value is -2.04. The van der Waals surface area contributed by atoms with Gasteiger partial charge in [-0.05, 0) is 6.92 Å². The van der Waals surface area contributed by atoms with Crippen LogP contribution < -0.4 is 0 Å². The third-order valence-electron chi connectivity index (χ3n) is 3.98. The van der Waals surface area contributed by atoms with Crippen molar-refractivity contribution in [2.24, 2.45) is 4.99 Å². The normalized spacial score (nSPS) is 12.5. The molecule has 0 unspecified atom stereocenters. The van der Waals surface area contributed by atoms with Crippen molar-refractivity contribution in [2.45, 2.75) is 6.92 Å². The van der Waals surface area contributed by atoms with Gasteiger partial charge in [-0.15, -0.1) is 5.56 Å². The van der Waals surface area contributed by atoms with Crippen molar-refractivity contribution in [3.63, 3.8) is 0 Å². The minimum atomic E-state index is -0.338. The number of aliphatic imine (C=N–C) groups is 1. The van der Waals surface area contributed by atoms with E-state index in [9.17, 15) is 9.90 Å². The Kier molecular flexibility index (Phi) is 4.52. The zero-order valence-electron chi connectivity index (χ0n) is 13.0. The molecule has 0 atom stereocenters. The average molecular weight is 390 g/mol. The van der Waals surface area contributed by atoms with Crippen LogP contribution in [0.1, 0.15) is 27.0 Å². The van der Waals surface area contributed by atoms with Gasteiger partial charge in [0.25, 0.3) is 5.91 Å². The van der Waals surface area contributed by atoms with E-state index in [1.54, 1.807) is 12.1 Å². The summed E-state index contributed by atoms with van der Waals surface area (Å²) in [6, 6.07) is 17.9. The van der Waals surface area contributed by atoms with Crippen LogP contribution in [-0.4, -0.2) is 21.7 Å². The molecule has 0 saturated heterocycles. The largest absolute Gasteiger partial charge is 0.494 e. The number of aryl methyl sites for hydroxylation is 1. The molecule has 0 aliphatic carbocycles. The Morgan fingerprint density at radius 3 is 2.33 bits per heavy atom. The number of carbonyl (C=O) groups is 1. The molecule has 1 radical (unpaired) electrons. The van der Waals surface area contributed by atoms with Crippen LogP contribution in [0.4, 0.5) is 0 Å². The molecule has 1 aromatic heterocycles. The van der Waals surface area contributed by atoms with Gasteiger partial charge < -0.3 is 10.1 Å². The SMILES string of the molecule is Cc1ccc(C2=NC(=O)c3c(-c4cc[c-]cc4)[nH]c(O)c32)cc1.[Y]. The molecule has 2 aromatic carbocycles. The van der Waals surface area contributed by atoms with E-state index in [0.29, 0.717) is 22.5 Å². The number of aromatic hydroxyl groups is 1. The van der Waals surface area contributed by atoms with E-state index in [-0.39, 0.29) is 44.5 Å². The molecule has 1 aliphatic rings. The third-order valence-corrected chi connectivity index (χ3v) is 3.98. The minimum absolute atomic E-state index is 0. The summed E-state index contributed by atoms with van der Waals surface area (Å²) in [7, 11) is 0. The summed E-state index contributed by atoms with van der Waals surface area (Å²) in [6.45, 7) is 2.00.